The number of nitrogens with zero attached hydrogens (tertiary/aromatic N) is 3. The quantitative estimate of drug-likeness (QED) is 0.288. The van der Waals surface area contributed by atoms with Gasteiger partial charge in [0.1, 0.15) is 11.6 Å². The molecule has 1 saturated carbocycles. The smallest absolute Gasteiger partial charge is 0.258 e. The number of amides is 1. The molecule has 1 spiro atoms. The van der Waals surface area contributed by atoms with Gasteiger partial charge in [0.05, 0.1) is 30.6 Å². The lowest BCUT2D eigenvalue weighted by Gasteiger charge is -2.35. The molecule has 1 aromatic heterocycles. The highest BCUT2D eigenvalue weighted by molar-refractivity contribution is 8.01. The van der Waals surface area contributed by atoms with Crippen molar-refractivity contribution in [2.45, 2.75) is 55.8 Å². The molecule has 5 rings (SSSR count). The zero-order valence-corrected chi connectivity index (χ0v) is 24.2. The van der Waals surface area contributed by atoms with Gasteiger partial charge in [-0.3, -0.25) is 4.79 Å². The first-order chi connectivity index (χ1) is 18.4. The van der Waals surface area contributed by atoms with Gasteiger partial charge in [-0.1, -0.05) is 0 Å². The van der Waals surface area contributed by atoms with Gasteiger partial charge in [0.25, 0.3) is 5.91 Å². The number of pyridine rings is 1. The van der Waals surface area contributed by atoms with Gasteiger partial charge in [0.15, 0.2) is 0 Å². The minimum Gasteiger partial charge on any atom is -0.395 e. The summed E-state index contributed by atoms with van der Waals surface area (Å²) in [7, 11) is 0. The van der Waals surface area contributed by atoms with Crippen LogP contribution in [-0.4, -0.2) is 73.0 Å². The number of ether oxygens (including phenoxy) is 1. The van der Waals surface area contributed by atoms with Crippen molar-refractivity contribution in [3.63, 3.8) is 0 Å². The summed E-state index contributed by atoms with van der Waals surface area (Å²) in [4.78, 5) is 24.2. The molecule has 3 fully saturated rings. The fourth-order valence-corrected chi connectivity index (χ4v) is 6.34. The number of carbonyl (C=O) groups is 1. The molecule has 2 aliphatic heterocycles. The summed E-state index contributed by atoms with van der Waals surface area (Å²) < 4.78 is 9.07. The number of carbonyl (C=O) groups excluding carboxylic acids is 1. The van der Waals surface area contributed by atoms with Gasteiger partial charge in [0.2, 0.25) is 0 Å². The van der Waals surface area contributed by atoms with E-state index in [9.17, 15) is 9.90 Å². The average molecular weight is 558 g/mol. The standard InChI is InChI=1S/C28H39N5O3S2/c1-19-17-33(14-15-36-19)26-24(37-3)6-7-25(29-26)30-27(35)22-5-4-21(31-38-20(2)18-34)16-23(22)32-12-10-28(8-9-28)11-13-32/h4-7,16,19-20,31,34H,8-15,17-18H2,1-3H3,(H,29,30,35)/t19-,20+/m1/s1. The predicted octanol–water partition coefficient (Wildman–Crippen LogP) is 5.10. The van der Waals surface area contributed by atoms with Crippen molar-refractivity contribution in [2.24, 2.45) is 5.41 Å². The van der Waals surface area contributed by atoms with Gasteiger partial charge in [-0.2, -0.15) is 0 Å². The minimum absolute atomic E-state index is 0.0742. The molecule has 8 nitrogen and oxygen atoms in total. The first-order valence-electron chi connectivity index (χ1n) is 13.5. The van der Waals surface area contributed by atoms with Crippen LogP contribution in [0.5, 0.6) is 0 Å². The maximum Gasteiger partial charge on any atom is 0.258 e. The minimum atomic E-state index is -0.152. The Labute approximate surface area is 234 Å². The SMILES string of the molecule is CSc1ccc(NC(=O)c2ccc(NS[C@@H](C)CO)cc2N2CCC3(CC2)CC3)nc1N1CCO[C@H](C)C1. The summed E-state index contributed by atoms with van der Waals surface area (Å²) in [5, 5.41) is 12.6. The number of aliphatic hydroxyl groups is 1. The van der Waals surface area contributed by atoms with E-state index < -0.39 is 0 Å². The summed E-state index contributed by atoms with van der Waals surface area (Å²) in [6.45, 7) is 8.31. The van der Waals surface area contributed by atoms with Crippen molar-refractivity contribution in [3.05, 3.63) is 35.9 Å². The Bertz CT molecular complexity index is 1140. The van der Waals surface area contributed by atoms with Gasteiger partial charge >= 0.3 is 0 Å². The van der Waals surface area contributed by atoms with Crippen LogP contribution in [0.2, 0.25) is 0 Å². The van der Waals surface area contributed by atoms with Crippen LogP contribution in [0.15, 0.2) is 35.2 Å². The number of thioether (sulfide) groups is 1. The van der Waals surface area contributed by atoms with Crippen LogP contribution in [0.3, 0.4) is 0 Å². The third kappa shape index (κ3) is 6.35. The van der Waals surface area contributed by atoms with Crippen LogP contribution in [0.25, 0.3) is 0 Å². The van der Waals surface area contributed by atoms with Crippen molar-refractivity contribution in [3.8, 4) is 0 Å². The normalized spacial score (nSPS) is 21.3. The highest BCUT2D eigenvalue weighted by atomic mass is 32.2. The highest BCUT2D eigenvalue weighted by Crippen LogP contribution is 2.54. The molecule has 10 heteroatoms. The van der Waals surface area contributed by atoms with Crippen LogP contribution in [0, 0.1) is 5.41 Å². The van der Waals surface area contributed by atoms with Gasteiger partial charge in [0, 0.05) is 42.0 Å². The molecule has 0 unspecified atom stereocenters. The molecule has 206 valence electrons. The molecule has 3 N–H and O–H groups in total. The number of benzene rings is 1. The molecule has 3 aliphatic rings. The van der Waals surface area contributed by atoms with Gasteiger partial charge < -0.3 is 29.7 Å². The fourth-order valence-electron chi connectivity index (χ4n) is 5.24. The summed E-state index contributed by atoms with van der Waals surface area (Å²) >= 11 is 3.15. The number of rotatable bonds is 9. The summed E-state index contributed by atoms with van der Waals surface area (Å²) in [6, 6.07) is 9.83. The van der Waals surface area contributed by atoms with Crippen molar-refractivity contribution in [1.82, 2.24) is 4.98 Å². The number of hydrogen-bond donors (Lipinski definition) is 3. The third-order valence-electron chi connectivity index (χ3n) is 7.84. The Kier molecular flexibility index (Phi) is 8.62. The monoisotopic (exact) mass is 557 g/mol. The molecule has 38 heavy (non-hydrogen) atoms. The van der Waals surface area contributed by atoms with E-state index in [-0.39, 0.29) is 23.9 Å². The van der Waals surface area contributed by atoms with Crippen LogP contribution in [0.1, 0.15) is 49.9 Å². The molecule has 2 atom stereocenters. The van der Waals surface area contributed by atoms with Crippen molar-refractivity contribution >= 4 is 52.6 Å². The molecular formula is C28H39N5O3S2. The number of anilines is 4. The number of hydrogen-bond acceptors (Lipinski definition) is 9. The number of piperidine rings is 1. The van der Waals surface area contributed by atoms with Gasteiger partial charge in [-0.15, -0.1) is 11.8 Å². The molecule has 3 heterocycles. The second kappa shape index (κ2) is 11.9. The van der Waals surface area contributed by atoms with Crippen LogP contribution in [0.4, 0.5) is 23.0 Å². The van der Waals surface area contributed by atoms with Gasteiger partial charge in [-0.25, -0.2) is 4.98 Å². The Morgan fingerprint density at radius 3 is 2.66 bits per heavy atom. The van der Waals surface area contributed by atoms with Crippen molar-refractivity contribution in [2.75, 3.05) is 65.5 Å². The number of aliphatic hydroxyl groups excluding tert-OH is 1. The number of aromatic nitrogens is 1. The van der Waals surface area contributed by atoms with Crippen LogP contribution >= 0.6 is 23.7 Å². The van der Waals surface area contributed by atoms with E-state index in [1.165, 1.54) is 37.6 Å². The first-order valence-corrected chi connectivity index (χ1v) is 15.6. The topological polar surface area (TPSA) is 90.0 Å². The molecule has 1 aromatic carbocycles. The molecule has 2 aromatic rings. The van der Waals surface area contributed by atoms with E-state index in [4.69, 9.17) is 9.72 Å². The van der Waals surface area contributed by atoms with Crippen LogP contribution in [-0.2, 0) is 4.74 Å². The maximum absolute atomic E-state index is 13.7. The summed E-state index contributed by atoms with van der Waals surface area (Å²) in [5.74, 6) is 1.30. The lowest BCUT2D eigenvalue weighted by atomic mass is 9.93. The van der Waals surface area contributed by atoms with E-state index in [0.29, 0.717) is 23.4 Å². The lowest BCUT2D eigenvalue weighted by molar-refractivity contribution is 0.0527. The Hall–Kier alpha value is -2.14. The maximum atomic E-state index is 13.7. The van der Waals surface area contributed by atoms with E-state index in [1.54, 1.807) is 11.8 Å². The first kappa shape index (κ1) is 27.4. The number of morpholine rings is 1. The highest BCUT2D eigenvalue weighted by Gasteiger charge is 2.44. The van der Waals surface area contributed by atoms with E-state index in [0.717, 1.165) is 48.3 Å². The zero-order chi connectivity index (χ0) is 26.7. The van der Waals surface area contributed by atoms with Gasteiger partial charge in [-0.05, 0) is 93.5 Å². The molecule has 1 aliphatic carbocycles. The zero-order valence-electron chi connectivity index (χ0n) is 22.5. The van der Waals surface area contributed by atoms with Crippen molar-refractivity contribution in [1.29, 1.82) is 0 Å². The summed E-state index contributed by atoms with van der Waals surface area (Å²) in [5.41, 5.74) is 3.08. The molecule has 1 amide bonds. The Balaban J connectivity index is 1.37. The predicted molar refractivity (Wildman–Crippen MR) is 159 cm³/mol. The lowest BCUT2D eigenvalue weighted by Crippen LogP contribution is -2.41. The van der Waals surface area contributed by atoms with Crippen molar-refractivity contribution < 1.29 is 14.6 Å². The average Bonchev–Trinajstić information content (AvgIpc) is 3.70. The fraction of sp³-hybridized carbons (Fsp3) is 0.571. The van der Waals surface area contributed by atoms with Crippen LogP contribution < -0.4 is 19.8 Å². The third-order valence-corrected chi connectivity index (χ3v) is 9.50. The van der Waals surface area contributed by atoms with E-state index >= 15 is 0 Å². The molecular weight excluding hydrogens is 518 g/mol. The molecule has 0 radical (unpaired) electrons. The second-order valence-corrected chi connectivity index (χ2v) is 12.8. The van der Waals surface area contributed by atoms with E-state index in [1.807, 2.05) is 31.2 Å². The number of nitrogens with one attached hydrogen (secondary N) is 2. The largest absolute Gasteiger partial charge is 0.395 e. The second-order valence-electron chi connectivity index (χ2n) is 10.7. The summed E-state index contributed by atoms with van der Waals surface area (Å²) in [6.07, 6.45) is 7.24. The molecule has 2 saturated heterocycles. The van der Waals surface area contributed by atoms with E-state index in [2.05, 4.69) is 39.1 Å². The Morgan fingerprint density at radius 1 is 1.18 bits per heavy atom. The molecule has 0 bridgehead atoms. The Morgan fingerprint density at radius 2 is 1.97 bits per heavy atom.